The van der Waals surface area contributed by atoms with Crippen molar-refractivity contribution in [1.82, 2.24) is 19.2 Å². The van der Waals surface area contributed by atoms with Crippen LogP contribution in [0.2, 0.25) is 5.02 Å². The van der Waals surface area contributed by atoms with E-state index in [0.29, 0.717) is 17.3 Å². The fourth-order valence-electron chi connectivity index (χ4n) is 1.94. The molecule has 2 rings (SSSR count). The lowest BCUT2D eigenvalue weighted by Crippen LogP contribution is -2.31. The lowest BCUT2D eigenvalue weighted by molar-refractivity contribution is 0.220. The Labute approximate surface area is 129 Å². The van der Waals surface area contributed by atoms with Crippen LogP contribution in [-0.2, 0) is 13.6 Å². The Balaban J connectivity index is 1.97. The maximum absolute atomic E-state index is 12.1. The van der Waals surface area contributed by atoms with Crippen molar-refractivity contribution in [2.45, 2.75) is 26.4 Å². The summed E-state index contributed by atoms with van der Waals surface area (Å²) in [5.41, 5.74) is 1.65. The van der Waals surface area contributed by atoms with Crippen LogP contribution >= 0.6 is 11.6 Å². The zero-order chi connectivity index (χ0) is 15.6. The number of carbonyl (C=O) groups excluding carboxylic acids is 1. The summed E-state index contributed by atoms with van der Waals surface area (Å²) in [4.78, 5) is 13.7. The molecule has 0 aromatic carbocycles. The Morgan fingerprint density at radius 3 is 2.71 bits per heavy atom. The van der Waals surface area contributed by atoms with Crippen LogP contribution in [0.1, 0.15) is 25.6 Å². The highest BCUT2D eigenvalue weighted by molar-refractivity contribution is 6.30. The highest BCUT2D eigenvalue weighted by Gasteiger charge is 2.13. The first-order chi connectivity index (χ1) is 9.86. The third kappa shape index (κ3) is 3.78. The highest BCUT2D eigenvalue weighted by atomic mass is 35.5. The second-order valence-corrected chi connectivity index (χ2v) is 5.79. The molecule has 114 valence electrons. The maximum atomic E-state index is 12.1. The molecule has 2 aromatic rings. The number of carbonyl (C=O) groups is 1. The Bertz CT molecular complexity index is 631. The van der Waals surface area contributed by atoms with E-state index in [9.17, 15) is 4.79 Å². The summed E-state index contributed by atoms with van der Waals surface area (Å²) in [6, 6.07) is 1.93. The topological polar surface area (TPSA) is 55.1 Å². The number of hydrogen-bond acceptors (Lipinski definition) is 2. The lowest BCUT2D eigenvalue weighted by Gasteiger charge is -2.17. The van der Waals surface area contributed by atoms with Crippen LogP contribution in [0, 0.1) is 0 Å². The number of anilines is 1. The van der Waals surface area contributed by atoms with Gasteiger partial charge in [-0.1, -0.05) is 11.6 Å². The van der Waals surface area contributed by atoms with E-state index in [0.717, 1.165) is 5.69 Å². The van der Waals surface area contributed by atoms with Crippen molar-refractivity contribution in [3.8, 4) is 0 Å². The summed E-state index contributed by atoms with van der Waals surface area (Å²) < 4.78 is 3.70. The van der Waals surface area contributed by atoms with Gasteiger partial charge in [0.2, 0.25) is 0 Å². The second kappa shape index (κ2) is 6.22. The molecule has 6 nitrogen and oxygen atoms in total. The van der Waals surface area contributed by atoms with Crippen molar-refractivity contribution in [2.75, 3.05) is 12.4 Å². The molecule has 21 heavy (non-hydrogen) atoms. The molecule has 0 bridgehead atoms. The summed E-state index contributed by atoms with van der Waals surface area (Å²) in [7, 11) is 3.64. The van der Waals surface area contributed by atoms with Crippen molar-refractivity contribution in [2.24, 2.45) is 7.05 Å². The molecule has 0 fully saturated rings. The zero-order valence-electron chi connectivity index (χ0n) is 12.7. The van der Waals surface area contributed by atoms with Gasteiger partial charge in [0.05, 0.1) is 23.5 Å². The molecule has 2 aromatic heterocycles. The second-order valence-electron chi connectivity index (χ2n) is 5.35. The monoisotopic (exact) mass is 309 g/mol. The number of halogens is 1. The number of amides is 2. The van der Waals surface area contributed by atoms with Crippen molar-refractivity contribution in [3.63, 3.8) is 0 Å². The van der Waals surface area contributed by atoms with Gasteiger partial charge in [0.1, 0.15) is 0 Å². The summed E-state index contributed by atoms with van der Waals surface area (Å²) in [6.45, 7) is 4.54. The minimum atomic E-state index is -0.185. The third-order valence-corrected chi connectivity index (χ3v) is 3.41. The quantitative estimate of drug-likeness (QED) is 0.943. The third-order valence-electron chi connectivity index (χ3n) is 3.20. The van der Waals surface area contributed by atoms with Gasteiger partial charge in [0.25, 0.3) is 0 Å². The van der Waals surface area contributed by atoms with Crippen LogP contribution in [-0.4, -0.2) is 32.3 Å². The standard InChI is InChI=1S/C14H20ClN5O/c1-10(2)20-8-12(6-16-20)17-14(21)19(4)9-13-5-11(15)7-18(13)3/h5-8,10H,9H2,1-4H3,(H,17,21). The van der Waals surface area contributed by atoms with E-state index in [1.165, 1.54) is 0 Å². The molecule has 0 aliphatic heterocycles. The molecule has 0 spiro atoms. The molecule has 0 saturated carbocycles. The predicted molar refractivity (Wildman–Crippen MR) is 83.5 cm³/mol. The van der Waals surface area contributed by atoms with Crippen molar-refractivity contribution < 1.29 is 4.79 Å². The number of nitrogens with zero attached hydrogens (tertiary/aromatic N) is 4. The molecule has 1 N–H and O–H groups in total. The maximum Gasteiger partial charge on any atom is 0.322 e. The Morgan fingerprint density at radius 2 is 2.19 bits per heavy atom. The molecule has 7 heteroatoms. The van der Waals surface area contributed by atoms with E-state index in [1.807, 2.05) is 43.9 Å². The van der Waals surface area contributed by atoms with Crippen molar-refractivity contribution in [3.05, 3.63) is 35.4 Å². The lowest BCUT2D eigenvalue weighted by atomic mass is 10.4. The molecule has 0 atom stereocenters. The fraction of sp³-hybridized carbons (Fsp3) is 0.429. The zero-order valence-corrected chi connectivity index (χ0v) is 13.4. The first kappa shape index (κ1) is 15.4. The largest absolute Gasteiger partial charge is 0.351 e. The summed E-state index contributed by atoms with van der Waals surface area (Å²) in [6.07, 6.45) is 5.27. The van der Waals surface area contributed by atoms with Crippen molar-refractivity contribution in [1.29, 1.82) is 0 Å². The van der Waals surface area contributed by atoms with Gasteiger partial charge in [-0.25, -0.2) is 4.79 Å². The Kier molecular flexibility index (Phi) is 4.57. The predicted octanol–water partition coefficient (Wildman–Crippen LogP) is 3.12. The molecule has 0 aliphatic carbocycles. The first-order valence-electron chi connectivity index (χ1n) is 6.74. The number of rotatable bonds is 4. The number of aromatic nitrogens is 3. The summed E-state index contributed by atoms with van der Waals surface area (Å²) in [5, 5.41) is 7.68. The summed E-state index contributed by atoms with van der Waals surface area (Å²) >= 11 is 5.94. The average Bonchev–Trinajstić information content (AvgIpc) is 2.97. The number of hydrogen-bond donors (Lipinski definition) is 1. The molecule has 0 unspecified atom stereocenters. The number of aryl methyl sites for hydroxylation is 1. The van der Waals surface area contributed by atoms with Gasteiger partial charge in [0.15, 0.2) is 0 Å². The molecule has 2 heterocycles. The van der Waals surface area contributed by atoms with E-state index >= 15 is 0 Å². The van der Waals surface area contributed by atoms with Gasteiger partial charge < -0.3 is 14.8 Å². The Morgan fingerprint density at radius 1 is 1.48 bits per heavy atom. The molecule has 0 radical (unpaired) electrons. The van der Waals surface area contributed by atoms with E-state index in [1.54, 1.807) is 22.8 Å². The highest BCUT2D eigenvalue weighted by Crippen LogP contribution is 2.15. The Hall–Kier alpha value is -1.95. The van der Waals surface area contributed by atoms with Crippen LogP contribution in [0.4, 0.5) is 10.5 Å². The molecule has 0 aliphatic rings. The van der Waals surface area contributed by atoms with Gasteiger partial charge in [0, 0.05) is 38.2 Å². The molecule has 2 amide bonds. The van der Waals surface area contributed by atoms with Crippen LogP contribution in [0.25, 0.3) is 0 Å². The van der Waals surface area contributed by atoms with E-state index in [-0.39, 0.29) is 12.1 Å². The van der Waals surface area contributed by atoms with Crippen LogP contribution in [0.3, 0.4) is 0 Å². The number of urea groups is 1. The van der Waals surface area contributed by atoms with Gasteiger partial charge in [-0.2, -0.15) is 5.10 Å². The average molecular weight is 310 g/mol. The van der Waals surface area contributed by atoms with E-state index in [2.05, 4.69) is 10.4 Å². The minimum Gasteiger partial charge on any atom is -0.351 e. The van der Waals surface area contributed by atoms with Crippen LogP contribution in [0.15, 0.2) is 24.7 Å². The van der Waals surface area contributed by atoms with Crippen LogP contribution < -0.4 is 5.32 Å². The van der Waals surface area contributed by atoms with Crippen LogP contribution in [0.5, 0.6) is 0 Å². The molecular weight excluding hydrogens is 290 g/mol. The first-order valence-corrected chi connectivity index (χ1v) is 7.11. The minimum absolute atomic E-state index is 0.185. The van der Waals surface area contributed by atoms with Gasteiger partial charge in [-0.3, -0.25) is 4.68 Å². The van der Waals surface area contributed by atoms with E-state index in [4.69, 9.17) is 11.6 Å². The molecule has 0 saturated heterocycles. The normalized spacial score (nSPS) is 11.0. The van der Waals surface area contributed by atoms with E-state index < -0.39 is 0 Å². The van der Waals surface area contributed by atoms with Crippen molar-refractivity contribution >= 4 is 23.3 Å². The summed E-state index contributed by atoms with van der Waals surface area (Å²) in [5.74, 6) is 0. The molecular formula is C14H20ClN5O. The van der Waals surface area contributed by atoms with Gasteiger partial charge >= 0.3 is 6.03 Å². The smallest absolute Gasteiger partial charge is 0.322 e. The SMILES string of the molecule is CC(C)n1cc(NC(=O)N(C)Cc2cc(Cl)cn2C)cn1. The van der Waals surface area contributed by atoms with Gasteiger partial charge in [-0.15, -0.1) is 0 Å². The fourth-order valence-corrected chi connectivity index (χ4v) is 2.21. The number of nitrogens with one attached hydrogen (secondary N) is 1. The van der Waals surface area contributed by atoms with Gasteiger partial charge in [-0.05, 0) is 19.9 Å².